The van der Waals surface area contributed by atoms with E-state index in [-0.39, 0.29) is 11.8 Å². The molecule has 0 saturated heterocycles. The minimum absolute atomic E-state index is 0.123. The van der Waals surface area contributed by atoms with Crippen LogP contribution >= 0.6 is 0 Å². The van der Waals surface area contributed by atoms with Crippen molar-refractivity contribution in [2.24, 2.45) is 11.5 Å². The number of hydrogen-bond donors (Lipinski definition) is 2. The molecule has 0 spiro atoms. The lowest BCUT2D eigenvalue weighted by Gasteiger charge is -2.10. The van der Waals surface area contributed by atoms with Gasteiger partial charge in [-0.3, -0.25) is 4.79 Å². The van der Waals surface area contributed by atoms with Crippen molar-refractivity contribution in [3.8, 4) is 0 Å². The Kier molecular flexibility index (Phi) is 11.6. The highest BCUT2D eigenvalue weighted by Gasteiger charge is 2.12. The number of rotatable bonds is 12. The quantitative estimate of drug-likeness (QED) is 0.488. The van der Waals surface area contributed by atoms with Gasteiger partial charge < -0.3 is 20.9 Å². The summed E-state index contributed by atoms with van der Waals surface area (Å²) in [5, 5.41) is 0. The maximum absolute atomic E-state index is 11.6. The second kappa shape index (κ2) is 12.0. The molecule has 0 aliphatic carbocycles. The number of ether oxygens (including phenoxy) is 2. The van der Waals surface area contributed by atoms with E-state index in [2.05, 4.69) is 0 Å². The van der Waals surface area contributed by atoms with Crippen LogP contribution in [0.15, 0.2) is 0 Å². The van der Waals surface area contributed by atoms with Crippen molar-refractivity contribution in [3.63, 3.8) is 0 Å². The van der Waals surface area contributed by atoms with Crippen LogP contribution in [-0.4, -0.2) is 45.3 Å². The highest BCUT2D eigenvalue weighted by Crippen LogP contribution is 2.03. The van der Waals surface area contributed by atoms with Crippen molar-refractivity contribution in [1.29, 1.82) is 0 Å². The van der Waals surface area contributed by atoms with Gasteiger partial charge in [0.15, 0.2) is 0 Å². The summed E-state index contributed by atoms with van der Waals surface area (Å²) in [7, 11) is 1.63. The Morgan fingerprint density at radius 1 is 1.18 bits per heavy atom. The van der Waals surface area contributed by atoms with Gasteiger partial charge in [0.25, 0.3) is 0 Å². The Labute approximate surface area is 104 Å². The first-order valence-electron chi connectivity index (χ1n) is 6.27. The van der Waals surface area contributed by atoms with Crippen LogP contribution in [0.25, 0.3) is 0 Å². The van der Waals surface area contributed by atoms with Gasteiger partial charge >= 0.3 is 0 Å². The van der Waals surface area contributed by atoms with E-state index in [9.17, 15) is 4.79 Å². The number of ketones is 1. The minimum atomic E-state index is -0.333. The molecule has 0 aromatic rings. The van der Waals surface area contributed by atoms with Crippen molar-refractivity contribution in [1.82, 2.24) is 0 Å². The number of methoxy groups -OCH3 is 1. The Balaban J connectivity index is 3.37. The van der Waals surface area contributed by atoms with Crippen molar-refractivity contribution >= 4 is 5.78 Å². The van der Waals surface area contributed by atoms with Gasteiger partial charge in [-0.25, -0.2) is 0 Å². The minimum Gasteiger partial charge on any atom is -0.382 e. The largest absolute Gasteiger partial charge is 0.382 e. The van der Waals surface area contributed by atoms with Crippen molar-refractivity contribution in [2.45, 2.75) is 38.1 Å². The second-order valence-corrected chi connectivity index (χ2v) is 4.07. The lowest BCUT2D eigenvalue weighted by molar-refractivity contribution is -0.120. The van der Waals surface area contributed by atoms with Gasteiger partial charge in [0.1, 0.15) is 5.78 Å². The fourth-order valence-electron chi connectivity index (χ4n) is 1.45. The van der Waals surface area contributed by atoms with E-state index < -0.39 is 0 Å². The molecule has 0 bridgehead atoms. The molecule has 0 aromatic heterocycles. The number of hydrogen-bond acceptors (Lipinski definition) is 5. The van der Waals surface area contributed by atoms with Gasteiger partial charge in [-0.2, -0.15) is 0 Å². The number of unbranched alkanes of at least 4 members (excludes halogenated alkanes) is 1. The molecule has 0 saturated carbocycles. The van der Waals surface area contributed by atoms with Crippen molar-refractivity contribution in [2.75, 3.05) is 33.5 Å². The molecular weight excluding hydrogens is 220 g/mol. The first-order valence-corrected chi connectivity index (χ1v) is 6.27. The van der Waals surface area contributed by atoms with E-state index in [1.165, 1.54) is 0 Å². The summed E-state index contributed by atoms with van der Waals surface area (Å²) in [5.41, 5.74) is 11.1. The first-order chi connectivity index (χ1) is 8.22. The van der Waals surface area contributed by atoms with E-state index in [4.69, 9.17) is 20.9 Å². The molecule has 0 fully saturated rings. The van der Waals surface area contributed by atoms with Crippen LogP contribution in [-0.2, 0) is 14.3 Å². The summed E-state index contributed by atoms with van der Waals surface area (Å²) in [6.07, 6.45) is 3.82. The fraction of sp³-hybridized carbons (Fsp3) is 0.917. The average Bonchev–Trinajstić information content (AvgIpc) is 2.33. The van der Waals surface area contributed by atoms with E-state index in [1.54, 1.807) is 7.11 Å². The number of carbonyl (C=O) groups is 1. The molecular formula is C12H26N2O3. The zero-order chi connectivity index (χ0) is 12.9. The summed E-state index contributed by atoms with van der Waals surface area (Å²) in [6.45, 7) is 2.42. The summed E-state index contributed by atoms with van der Waals surface area (Å²) in [5.74, 6) is 0.123. The smallest absolute Gasteiger partial charge is 0.149 e. The van der Waals surface area contributed by atoms with Gasteiger partial charge in [-0.15, -0.1) is 0 Å². The molecule has 0 aromatic carbocycles. The third-order valence-corrected chi connectivity index (χ3v) is 2.53. The molecule has 0 rings (SSSR count). The Hall–Kier alpha value is -0.490. The number of carbonyl (C=O) groups excluding carboxylic acids is 1. The second-order valence-electron chi connectivity index (χ2n) is 4.07. The number of nitrogens with two attached hydrogens (primary N) is 2. The topological polar surface area (TPSA) is 87.6 Å². The van der Waals surface area contributed by atoms with Crippen LogP contribution in [0, 0.1) is 0 Å². The van der Waals surface area contributed by atoms with Crippen LogP contribution in [0.1, 0.15) is 32.1 Å². The Bertz CT molecular complexity index is 189. The van der Waals surface area contributed by atoms with Crippen LogP contribution < -0.4 is 11.5 Å². The molecule has 0 amide bonds. The Morgan fingerprint density at radius 2 is 1.94 bits per heavy atom. The average molecular weight is 246 g/mol. The highest BCUT2D eigenvalue weighted by atomic mass is 16.5. The van der Waals surface area contributed by atoms with Crippen LogP contribution in [0.3, 0.4) is 0 Å². The molecule has 0 aliphatic rings. The van der Waals surface area contributed by atoms with Gasteiger partial charge in [0, 0.05) is 20.1 Å². The molecule has 1 unspecified atom stereocenters. The molecule has 102 valence electrons. The SMILES string of the molecule is COCCOCCCC(=O)C(N)CCCCN. The lowest BCUT2D eigenvalue weighted by atomic mass is 10.0. The third kappa shape index (κ3) is 10.4. The fourth-order valence-corrected chi connectivity index (χ4v) is 1.45. The standard InChI is InChI=1S/C12H26N2O3/c1-16-9-10-17-8-4-6-12(15)11(14)5-2-3-7-13/h11H,2-10,13-14H2,1H3. The predicted octanol–water partition coefficient (Wildman–Crippen LogP) is 0.455. The van der Waals surface area contributed by atoms with Gasteiger partial charge in [0.2, 0.25) is 0 Å². The Morgan fingerprint density at radius 3 is 2.59 bits per heavy atom. The molecule has 17 heavy (non-hydrogen) atoms. The summed E-state index contributed by atoms with van der Waals surface area (Å²) in [6, 6.07) is -0.333. The molecule has 1 atom stereocenters. The maximum Gasteiger partial charge on any atom is 0.149 e. The molecule has 4 N–H and O–H groups in total. The first kappa shape index (κ1) is 16.5. The molecule has 0 aliphatic heterocycles. The molecule has 0 heterocycles. The van der Waals surface area contributed by atoms with Crippen LogP contribution in [0.5, 0.6) is 0 Å². The molecule has 5 heteroatoms. The van der Waals surface area contributed by atoms with Crippen molar-refractivity contribution < 1.29 is 14.3 Å². The summed E-state index contributed by atoms with van der Waals surface area (Å²) in [4.78, 5) is 11.6. The van der Waals surface area contributed by atoms with Crippen LogP contribution in [0.4, 0.5) is 0 Å². The molecule has 0 radical (unpaired) electrons. The normalized spacial score (nSPS) is 12.6. The number of Topliss-reactive ketones (excluding diaryl/α,β-unsaturated/α-hetero) is 1. The van der Waals surface area contributed by atoms with Gasteiger partial charge in [-0.05, 0) is 25.8 Å². The zero-order valence-electron chi connectivity index (χ0n) is 10.8. The maximum atomic E-state index is 11.6. The lowest BCUT2D eigenvalue weighted by Crippen LogP contribution is -2.30. The van der Waals surface area contributed by atoms with E-state index in [0.717, 1.165) is 25.7 Å². The van der Waals surface area contributed by atoms with E-state index in [0.29, 0.717) is 32.8 Å². The van der Waals surface area contributed by atoms with E-state index in [1.807, 2.05) is 0 Å². The monoisotopic (exact) mass is 246 g/mol. The summed E-state index contributed by atoms with van der Waals surface area (Å²) < 4.78 is 10.1. The third-order valence-electron chi connectivity index (χ3n) is 2.53. The highest BCUT2D eigenvalue weighted by molar-refractivity contribution is 5.83. The van der Waals surface area contributed by atoms with Crippen molar-refractivity contribution in [3.05, 3.63) is 0 Å². The summed E-state index contributed by atoms with van der Waals surface area (Å²) >= 11 is 0. The van der Waals surface area contributed by atoms with Crippen LogP contribution in [0.2, 0.25) is 0 Å². The van der Waals surface area contributed by atoms with E-state index >= 15 is 0 Å². The van der Waals surface area contributed by atoms with Gasteiger partial charge in [-0.1, -0.05) is 6.42 Å². The zero-order valence-corrected chi connectivity index (χ0v) is 10.8. The van der Waals surface area contributed by atoms with Gasteiger partial charge in [0.05, 0.1) is 19.3 Å². The predicted molar refractivity (Wildman–Crippen MR) is 67.8 cm³/mol. The molecule has 5 nitrogen and oxygen atoms in total.